The van der Waals surface area contributed by atoms with E-state index in [1.54, 1.807) is 28.4 Å². The molecule has 0 spiro atoms. The maximum Gasteiger partial charge on any atom is 0.240 e. The molecule has 4 aromatic rings. The van der Waals surface area contributed by atoms with E-state index in [0.29, 0.717) is 28.7 Å². The van der Waals surface area contributed by atoms with Gasteiger partial charge >= 0.3 is 0 Å². The Hall–Kier alpha value is -2.66. The number of rotatable bonds is 9. The highest BCUT2D eigenvalue weighted by molar-refractivity contribution is 7.98. The minimum Gasteiger partial charge on any atom is -0.497 e. The standard InChI is InChI=1S/C21H20ClN5O3S2/c1-30-17-6-8-18(9-7-17)32(28,29)23-13-12-20-25-24-19-10-11-21(26-27(19)20)31-14-15-2-4-16(22)5-3-15/h2-11,23H,12-14H2,1H3. The summed E-state index contributed by atoms with van der Waals surface area (Å²) in [5.41, 5.74) is 1.74. The highest BCUT2D eigenvalue weighted by Gasteiger charge is 2.15. The normalized spacial score (nSPS) is 11.7. The van der Waals surface area contributed by atoms with Crippen molar-refractivity contribution >= 4 is 39.0 Å². The van der Waals surface area contributed by atoms with Crippen molar-refractivity contribution in [1.82, 2.24) is 24.5 Å². The summed E-state index contributed by atoms with van der Waals surface area (Å²) in [7, 11) is -2.11. The molecule has 2 aromatic carbocycles. The SMILES string of the molecule is COc1ccc(S(=O)(=O)NCCc2nnc3ccc(SCc4ccc(Cl)cc4)nn23)cc1. The van der Waals surface area contributed by atoms with E-state index in [9.17, 15) is 8.42 Å². The molecule has 11 heteroatoms. The minimum atomic E-state index is -3.64. The van der Waals surface area contributed by atoms with Crippen molar-refractivity contribution in [3.8, 4) is 5.75 Å². The summed E-state index contributed by atoms with van der Waals surface area (Å²) in [4.78, 5) is 0.170. The quantitative estimate of drug-likeness (QED) is 0.358. The van der Waals surface area contributed by atoms with Gasteiger partial charge in [-0.3, -0.25) is 0 Å². The fourth-order valence-electron chi connectivity index (χ4n) is 2.92. The van der Waals surface area contributed by atoms with Gasteiger partial charge in [0.05, 0.1) is 12.0 Å². The second-order valence-electron chi connectivity index (χ2n) is 6.80. The number of hydrogen-bond acceptors (Lipinski definition) is 7. The molecule has 0 aliphatic carbocycles. The lowest BCUT2D eigenvalue weighted by molar-refractivity contribution is 0.414. The molecule has 8 nitrogen and oxygen atoms in total. The Morgan fingerprint density at radius 3 is 2.50 bits per heavy atom. The number of fused-ring (bicyclic) bond motifs is 1. The molecule has 4 rings (SSSR count). The van der Waals surface area contributed by atoms with Gasteiger partial charge in [0.15, 0.2) is 11.5 Å². The molecule has 32 heavy (non-hydrogen) atoms. The predicted octanol–water partition coefficient (Wildman–Crippen LogP) is 3.60. The molecule has 0 atom stereocenters. The van der Waals surface area contributed by atoms with Crippen molar-refractivity contribution in [1.29, 1.82) is 0 Å². The van der Waals surface area contributed by atoms with Crippen molar-refractivity contribution in [2.75, 3.05) is 13.7 Å². The van der Waals surface area contributed by atoms with Crippen LogP contribution in [-0.2, 0) is 22.2 Å². The van der Waals surface area contributed by atoms with Crippen LogP contribution in [0.15, 0.2) is 70.6 Å². The topological polar surface area (TPSA) is 98.5 Å². The van der Waals surface area contributed by atoms with Crippen LogP contribution in [-0.4, -0.2) is 41.9 Å². The van der Waals surface area contributed by atoms with Crippen LogP contribution in [0.4, 0.5) is 0 Å². The first kappa shape index (κ1) is 22.5. The van der Waals surface area contributed by atoms with Gasteiger partial charge in [-0.15, -0.1) is 10.2 Å². The number of methoxy groups -OCH3 is 1. The van der Waals surface area contributed by atoms with E-state index in [1.807, 2.05) is 36.4 Å². The Kier molecular flexibility index (Phi) is 6.95. The van der Waals surface area contributed by atoms with E-state index in [1.165, 1.54) is 19.2 Å². The van der Waals surface area contributed by atoms with Gasteiger partial charge < -0.3 is 4.74 Å². The lowest BCUT2D eigenvalue weighted by Crippen LogP contribution is -2.26. The minimum absolute atomic E-state index is 0.166. The van der Waals surface area contributed by atoms with Crippen LogP contribution in [0.2, 0.25) is 5.02 Å². The summed E-state index contributed by atoms with van der Waals surface area (Å²) in [5.74, 6) is 1.91. The molecule has 0 saturated carbocycles. The molecule has 0 saturated heterocycles. The van der Waals surface area contributed by atoms with Crippen molar-refractivity contribution in [3.63, 3.8) is 0 Å². The zero-order chi connectivity index (χ0) is 22.6. The summed E-state index contributed by atoms with van der Waals surface area (Å²) >= 11 is 7.51. The first-order valence-corrected chi connectivity index (χ1v) is 12.5. The van der Waals surface area contributed by atoms with Crippen molar-refractivity contribution in [2.24, 2.45) is 0 Å². The van der Waals surface area contributed by atoms with E-state index in [4.69, 9.17) is 16.3 Å². The molecule has 166 valence electrons. The Labute approximate surface area is 195 Å². The predicted molar refractivity (Wildman–Crippen MR) is 124 cm³/mol. The highest BCUT2D eigenvalue weighted by Crippen LogP contribution is 2.22. The molecular weight excluding hydrogens is 470 g/mol. The van der Waals surface area contributed by atoms with E-state index in [0.717, 1.165) is 16.3 Å². The number of sulfonamides is 1. The Morgan fingerprint density at radius 1 is 1.03 bits per heavy atom. The molecule has 1 N–H and O–H groups in total. The summed E-state index contributed by atoms with van der Waals surface area (Å²) < 4.78 is 34.3. The molecular formula is C21H20ClN5O3S2. The smallest absolute Gasteiger partial charge is 0.240 e. The van der Waals surface area contributed by atoms with Crippen LogP contribution < -0.4 is 9.46 Å². The van der Waals surface area contributed by atoms with Crippen LogP contribution in [0.25, 0.3) is 5.65 Å². The number of aromatic nitrogens is 4. The lowest BCUT2D eigenvalue weighted by atomic mass is 10.2. The monoisotopic (exact) mass is 489 g/mol. The number of nitrogens with one attached hydrogen (secondary N) is 1. The summed E-state index contributed by atoms with van der Waals surface area (Å²) in [5, 5.41) is 14.4. The molecule has 0 aliphatic heterocycles. The van der Waals surface area contributed by atoms with Gasteiger partial charge in [-0.05, 0) is 54.1 Å². The number of thioether (sulfide) groups is 1. The van der Waals surface area contributed by atoms with Crippen molar-refractivity contribution < 1.29 is 13.2 Å². The summed E-state index contributed by atoms with van der Waals surface area (Å²) in [6, 6.07) is 17.6. The highest BCUT2D eigenvalue weighted by atomic mass is 35.5. The second-order valence-corrected chi connectivity index (χ2v) is 10.00. The fourth-order valence-corrected chi connectivity index (χ4v) is 4.89. The van der Waals surface area contributed by atoms with Gasteiger partial charge in [-0.1, -0.05) is 35.5 Å². The van der Waals surface area contributed by atoms with Gasteiger partial charge in [0, 0.05) is 23.7 Å². The Bertz CT molecular complexity index is 1310. The zero-order valence-corrected chi connectivity index (χ0v) is 19.5. The summed E-state index contributed by atoms with van der Waals surface area (Å²) in [6.07, 6.45) is 0.342. The van der Waals surface area contributed by atoms with E-state index in [-0.39, 0.29) is 11.4 Å². The van der Waals surface area contributed by atoms with Crippen LogP contribution in [0.5, 0.6) is 5.75 Å². The lowest BCUT2D eigenvalue weighted by Gasteiger charge is -2.07. The third-order valence-corrected chi connectivity index (χ3v) is 7.33. The van der Waals surface area contributed by atoms with Gasteiger partial charge in [-0.2, -0.15) is 9.61 Å². The van der Waals surface area contributed by atoms with Crippen molar-refractivity contribution in [3.05, 3.63) is 77.1 Å². The molecule has 0 unspecified atom stereocenters. The maximum absolute atomic E-state index is 12.5. The fraction of sp³-hybridized carbons (Fsp3) is 0.190. The molecule has 0 bridgehead atoms. The first-order chi connectivity index (χ1) is 15.4. The van der Waals surface area contributed by atoms with E-state index < -0.39 is 10.0 Å². The number of nitrogens with zero attached hydrogens (tertiary/aromatic N) is 4. The van der Waals surface area contributed by atoms with E-state index in [2.05, 4.69) is 20.0 Å². The number of hydrogen-bond donors (Lipinski definition) is 1. The zero-order valence-electron chi connectivity index (χ0n) is 17.1. The third-order valence-electron chi connectivity index (χ3n) is 4.61. The van der Waals surface area contributed by atoms with Crippen LogP contribution in [0, 0.1) is 0 Å². The maximum atomic E-state index is 12.5. The van der Waals surface area contributed by atoms with Crippen LogP contribution >= 0.6 is 23.4 Å². The average molecular weight is 490 g/mol. The van der Waals surface area contributed by atoms with Gasteiger partial charge in [0.25, 0.3) is 0 Å². The Morgan fingerprint density at radius 2 is 1.78 bits per heavy atom. The molecule has 0 fully saturated rings. The number of halogens is 1. The molecule has 0 radical (unpaired) electrons. The van der Waals surface area contributed by atoms with Gasteiger partial charge in [0.2, 0.25) is 10.0 Å². The number of benzene rings is 2. The molecule has 0 amide bonds. The largest absolute Gasteiger partial charge is 0.497 e. The Balaban J connectivity index is 1.40. The van der Waals surface area contributed by atoms with Gasteiger partial charge in [0.1, 0.15) is 10.8 Å². The van der Waals surface area contributed by atoms with Crippen LogP contribution in [0.3, 0.4) is 0 Å². The van der Waals surface area contributed by atoms with Crippen LogP contribution in [0.1, 0.15) is 11.4 Å². The first-order valence-electron chi connectivity index (χ1n) is 9.67. The molecule has 2 aromatic heterocycles. The average Bonchev–Trinajstić information content (AvgIpc) is 3.21. The van der Waals surface area contributed by atoms with Gasteiger partial charge in [-0.25, -0.2) is 13.1 Å². The molecule has 0 aliphatic rings. The van der Waals surface area contributed by atoms with Crippen molar-refractivity contribution in [2.45, 2.75) is 22.1 Å². The second kappa shape index (κ2) is 9.86. The number of ether oxygens (including phenoxy) is 1. The molecule has 2 heterocycles. The summed E-state index contributed by atoms with van der Waals surface area (Å²) in [6.45, 7) is 0.166. The van der Waals surface area contributed by atoms with E-state index >= 15 is 0 Å². The third kappa shape index (κ3) is 5.39.